The number of rotatable bonds is 8. The first-order valence-electron chi connectivity index (χ1n) is 9.82. The van der Waals surface area contributed by atoms with Gasteiger partial charge in [-0.2, -0.15) is 0 Å². The lowest BCUT2D eigenvalue weighted by Gasteiger charge is -2.29. The standard InChI is InChI=1S/C21H27NO5S/c1-2-3-12-27-17-10-8-16-14-18(11-9-15(16)13-17)28(25,26)22-20-7-5-4-6-19(20)21(23)24/h8-11,13-14,19-20,22H,2-7,12H2,1H3,(H,23,24)/t19-,20-/m1/s1. The van der Waals surface area contributed by atoms with Crippen LogP contribution < -0.4 is 9.46 Å². The Balaban J connectivity index is 1.79. The number of fused-ring (bicyclic) bond motifs is 1. The van der Waals surface area contributed by atoms with Gasteiger partial charge in [0.15, 0.2) is 0 Å². The SMILES string of the molecule is CCCCOc1ccc2cc(S(=O)(=O)N[C@@H]3CCCC[C@H]3C(=O)O)ccc2c1. The van der Waals surface area contributed by atoms with E-state index in [4.69, 9.17) is 4.74 Å². The van der Waals surface area contributed by atoms with Crippen molar-refractivity contribution in [1.82, 2.24) is 4.72 Å². The Kier molecular flexibility index (Phi) is 6.57. The Hall–Kier alpha value is -2.12. The molecule has 1 saturated carbocycles. The zero-order valence-corrected chi connectivity index (χ0v) is 16.9. The third-order valence-corrected chi connectivity index (χ3v) is 6.74. The van der Waals surface area contributed by atoms with E-state index in [0.29, 0.717) is 19.4 Å². The second kappa shape index (κ2) is 8.92. The second-order valence-corrected chi connectivity index (χ2v) is 9.04. The first-order chi connectivity index (χ1) is 13.4. The van der Waals surface area contributed by atoms with Crippen LogP contribution in [0.5, 0.6) is 5.75 Å². The first-order valence-corrected chi connectivity index (χ1v) is 11.3. The molecule has 6 nitrogen and oxygen atoms in total. The fraction of sp³-hybridized carbons (Fsp3) is 0.476. The summed E-state index contributed by atoms with van der Waals surface area (Å²) in [5.74, 6) is -0.852. The molecule has 0 spiro atoms. The molecule has 0 aromatic heterocycles. The lowest BCUT2D eigenvalue weighted by atomic mass is 9.85. The summed E-state index contributed by atoms with van der Waals surface area (Å²) in [6.07, 6.45) is 4.73. The molecule has 0 aliphatic heterocycles. The number of nitrogens with one attached hydrogen (secondary N) is 1. The van der Waals surface area contributed by atoms with Crippen LogP contribution in [-0.2, 0) is 14.8 Å². The van der Waals surface area contributed by atoms with Crippen molar-refractivity contribution in [3.63, 3.8) is 0 Å². The Bertz CT molecular complexity index is 941. The van der Waals surface area contributed by atoms with E-state index < -0.39 is 28.0 Å². The largest absolute Gasteiger partial charge is 0.494 e. The monoisotopic (exact) mass is 405 g/mol. The van der Waals surface area contributed by atoms with Gasteiger partial charge in [0.1, 0.15) is 5.75 Å². The molecule has 2 aromatic carbocycles. The minimum Gasteiger partial charge on any atom is -0.494 e. The van der Waals surface area contributed by atoms with Gasteiger partial charge in [0.25, 0.3) is 0 Å². The Morgan fingerprint density at radius 3 is 2.61 bits per heavy atom. The Labute approximate surface area is 166 Å². The number of unbranched alkanes of at least 4 members (excludes halogenated alkanes) is 1. The minimum atomic E-state index is -3.79. The predicted molar refractivity (Wildman–Crippen MR) is 108 cm³/mol. The summed E-state index contributed by atoms with van der Waals surface area (Å²) in [6, 6.07) is 9.94. The van der Waals surface area contributed by atoms with Gasteiger partial charge >= 0.3 is 5.97 Å². The number of benzene rings is 2. The molecule has 0 radical (unpaired) electrons. The molecule has 1 aliphatic carbocycles. The van der Waals surface area contributed by atoms with Crippen molar-refractivity contribution in [3.05, 3.63) is 36.4 Å². The van der Waals surface area contributed by atoms with Crippen LogP contribution in [0.4, 0.5) is 0 Å². The van der Waals surface area contributed by atoms with E-state index in [0.717, 1.165) is 42.2 Å². The highest BCUT2D eigenvalue weighted by Gasteiger charge is 2.34. The van der Waals surface area contributed by atoms with Crippen molar-refractivity contribution in [3.8, 4) is 5.75 Å². The maximum Gasteiger partial charge on any atom is 0.308 e. The van der Waals surface area contributed by atoms with Crippen LogP contribution in [0.2, 0.25) is 0 Å². The molecule has 0 bridgehead atoms. The van der Waals surface area contributed by atoms with E-state index in [1.54, 1.807) is 18.2 Å². The van der Waals surface area contributed by atoms with E-state index >= 15 is 0 Å². The molecule has 1 aliphatic rings. The van der Waals surface area contributed by atoms with E-state index in [9.17, 15) is 18.3 Å². The smallest absolute Gasteiger partial charge is 0.308 e. The number of hydrogen-bond acceptors (Lipinski definition) is 4. The van der Waals surface area contributed by atoms with Crippen molar-refractivity contribution >= 4 is 26.8 Å². The van der Waals surface area contributed by atoms with E-state index in [-0.39, 0.29) is 4.90 Å². The number of aliphatic carboxylic acids is 1. The van der Waals surface area contributed by atoms with Gasteiger partial charge < -0.3 is 9.84 Å². The van der Waals surface area contributed by atoms with Crippen LogP contribution in [0, 0.1) is 5.92 Å². The van der Waals surface area contributed by atoms with Gasteiger partial charge in [-0.3, -0.25) is 4.79 Å². The van der Waals surface area contributed by atoms with Crippen LogP contribution >= 0.6 is 0 Å². The van der Waals surface area contributed by atoms with E-state index in [1.165, 1.54) is 0 Å². The molecule has 2 N–H and O–H groups in total. The lowest BCUT2D eigenvalue weighted by Crippen LogP contribution is -2.44. The molecule has 1 fully saturated rings. The molecule has 0 amide bonds. The molecule has 2 aromatic rings. The average molecular weight is 406 g/mol. The van der Waals surface area contributed by atoms with Crippen molar-refractivity contribution < 1.29 is 23.1 Å². The lowest BCUT2D eigenvalue weighted by molar-refractivity contribution is -0.143. The van der Waals surface area contributed by atoms with Gasteiger partial charge in [0.05, 0.1) is 17.4 Å². The topological polar surface area (TPSA) is 92.7 Å². The quantitative estimate of drug-likeness (QED) is 0.649. The molecule has 152 valence electrons. The zero-order chi connectivity index (χ0) is 20.1. The molecule has 0 heterocycles. The van der Waals surface area contributed by atoms with Crippen molar-refractivity contribution in [2.45, 2.75) is 56.4 Å². The summed E-state index contributed by atoms with van der Waals surface area (Å²) in [4.78, 5) is 11.6. The van der Waals surface area contributed by atoms with Gasteiger partial charge in [0, 0.05) is 6.04 Å². The van der Waals surface area contributed by atoms with Crippen LogP contribution in [0.25, 0.3) is 10.8 Å². The van der Waals surface area contributed by atoms with Crippen molar-refractivity contribution in [2.75, 3.05) is 6.61 Å². The fourth-order valence-corrected chi connectivity index (χ4v) is 4.97. The molecule has 0 saturated heterocycles. The van der Waals surface area contributed by atoms with Crippen molar-refractivity contribution in [1.29, 1.82) is 0 Å². The van der Waals surface area contributed by atoms with Crippen LogP contribution in [0.1, 0.15) is 45.4 Å². The highest BCUT2D eigenvalue weighted by Crippen LogP contribution is 2.28. The summed E-state index contributed by atoms with van der Waals surface area (Å²) in [7, 11) is -3.79. The predicted octanol–water partition coefficient (Wildman–Crippen LogP) is 3.94. The minimum absolute atomic E-state index is 0.148. The number of carboxylic acids is 1. The number of carbonyl (C=O) groups is 1. The highest BCUT2D eigenvalue weighted by molar-refractivity contribution is 7.89. The molecule has 3 rings (SSSR count). The average Bonchev–Trinajstić information content (AvgIpc) is 2.67. The van der Waals surface area contributed by atoms with Gasteiger partial charge in [-0.1, -0.05) is 38.3 Å². The van der Waals surface area contributed by atoms with Gasteiger partial charge in [0.2, 0.25) is 10.0 Å². The van der Waals surface area contributed by atoms with E-state index in [1.807, 2.05) is 18.2 Å². The third kappa shape index (κ3) is 4.83. The Morgan fingerprint density at radius 1 is 1.14 bits per heavy atom. The van der Waals surface area contributed by atoms with Gasteiger partial charge in [-0.25, -0.2) is 13.1 Å². The first kappa shape index (κ1) is 20.6. The molecular weight excluding hydrogens is 378 g/mol. The second-order valence-electron chi connectivity index (χ2n) is 7.33. The molecular formula is C21H27NO5S. The summed E-state index contributed by atoms with van der Waals surface area (Å²) in [6.45, 7) is 2.76. The van der Waals surface area contributed by atoms with Gasteiger partial charge in [-0.05, 0) is 54.3 Å². The third-order valence-electron chi connectivity index (χ3n) is 5.25. The zero-order valence-electron chi connectivity index (χ0n) is 16.1. The summed E-state index contributed by atoms with van der Waals surface area (Å²) in [5.41, 5.74) is 0. The summed E-state index contributed by atoms with van der Waals surface area (Å²) >= 11 is 0. The maximum atomic E-state index is 12.8. The van der Waals surface area contributed by atoms with E-state index in [2.05, 4.69) is 11.6 Å². The van der Waals surface area contributed by atoms with Crippen LogP contribution in [0.15, 0.2) is 41.3 Å². The Morgan fingerprint density at radius 2 is 1.86 bits per heavy atom. The number of carboxylic acid groups (broad SMARTS) is 1. The summed E-state index contributed by atoms with van der Waals surface area (Å²) in [5, 5.41) is 11.1. The number of sulfonamides is 1. The molecule has 28 heavy (non-hydrogen) atoms. The van der Waals surface area contributed by atoms with Crippen LogP contribution in [0.3, 0.4) is 0 Å². The molecule has 2 atom stereocenters. The molecule has 7 heteroatoms. The highest BCUT2D eigenvalue weighted by atomic mass is 32.2. The fourth-order valence-electron chi connectivity index (χ4n) is 3.63. The number of ether oxygens (including phenoxy) is 1. The van der Waals surface area contributed by atoms with Crippen molar-refractivity contribution in [2.24, 2.45) is 5.92 Å². The van der Waals surface area contributed by atoms with Gasteiger partial charge in [-0.15, -0.1) is 0 Å². The maximum absolute atomic E-state index is 12.8. The van der Waals surface area contributed by atoms with Crippen LogP contribution in [-0.4, -0.2) is 32.1 Å². The molecule has 0 unspecified atom stereocenters. The summed E-state index contributed by atoms with van der Waals surface area (Å²) < 4.78 is 34.0. The number of hydrogen-bond donors (Lipinski definition) is 2. The normalized spacial score (nSPS) is 20.2.